The van der Waals surface area contributed by atoms with E-state index in [1.165, 1.54) is 25.7 Å². The fraction of sp³-hybridized carbons (Fsp3) is 1.00. The predicted octanol–water partition coefficient (Wildman–Crippen LogP) is 2.43. The molecule has 0 aromatic heterocycles. The summed E-state index contributed by atoms with van der Waals surface area (Å²) < 4.78 is 10.7. The van der Waals surface area contributed by atoms with Crippen LogP contribution in [0.3, 0.4) is 0 Å². The molecule has 0 heterocycles. The number of nitroso groups, excluding NO2 is 2. The van der Waals surface area contributed by atoms with E-state index in [1.54, 1.807) is 0 Å². The Balaban J connectivity index is 2.02. The van der Waals surface area contributed by atoms with Crippen LogP contribution in [0.15, 0.2) is 10.4 Å². The van der Waals surface area contributed by atoms with Crippen LogP contribution >= 0.6 is 0 Å². The van der Waals surface area contributed by atoms with Gasteiger partial charge in [-0.1, -0.05) is 29.6 Å². The molecule has 0 saturated heterocycles. The van der Waals surface area contributed by atoms with Gasteiger partial charge < -0.3 is 14.4 Å². The molecule has 0 atom stereocenters. The van der Waals surface area contributed by atoms with Crippen LogP contribution in [-0.4, -0.2) is 64.1 Å². The molecule has 128 valence electrons. The molecule has 0 aliphatic heterocycles. The summed E-state index contributed by atoms with van der Waals surface area (Å²) in [6.07, 6.45) is 6.18. The number of hydrogen-bond donors (Lipinski definition) is 0. The van der Waals surface area contributed by atoms with E-state index in [0.29, 0.717) is 33.0 Å². The van der Waals surface area contributed by atoms with Gasteiger partial charge in [-0.25, -0.2) is 0 Å². The molecule has 0 N–H and O–H groups in total. The Morgan fingerprint density at radius 2 is 1.59 bits per heavy atom. The topological polar surface area (TPSA) is 80.6 Å². The lowest BCUT2D eigenvalue weighted by atomic mass is 9.83. The van der Waals surface area contributed by atoms with Gasteiger partial charge in [0.05, 0.1) is 33.0 Å². The Kier molecular flexibility index (Phi) is 11.9. The van der Waals surface area contributed by atoms with Gasteiger partial charge in [-0.3, -0.25) is 0 Å². The van der Waals surface area contributed by atoms with Crippen molar-refractivity contribution in [1.82, 2.24) is 4.90 Å². The van der Waals surface area contributed by atoms with Crippen LogP contribution in [0.5, 0.6) is 0 Å². The van der Waals surface area contributed by atoms with Gasteiger partial charge in [0.1, 0.15) is 6.54 Å². The van der Waals surface area contributed by atoms with E-state index in [1.807, 2.05) is 0 Å². The van der Waals surface area contributed by atoms with E-state index in [4.69, 9.17) is 9.47 Å². The van der Waals surface area contributed by atoms with Crippen molar-refractivity contribution in [3.63, 3.8) is 0 Å². The Labute approximate surface area is 132 Å². The third-order valence-electron chi connectivity index (χ3n) is 4.05. The van der Waals surface area contributed by atoms with Crippen LogP contribution in [-0.2, 0) is 9.47 Å². The molecule has 0 spiro atoms. The minimum absolute atomic E-state index is 0.194. The summed E-state index contributed by atoms with van der Waals surface area (Å²) in [5.74, 6) is 0.896. The first-order chi connectivity index (χ1) is 10.9. The van der Waals surface area contributed by atoms with Crippen LogP contribution in [0, 0.1) is 15.7 Å². The van der Waals surface area contributed by atoms with Gasteiger partial charge in [0.2, 0.25) is 0 Å². The van der Waals surface area contributed by atoms with E-state index in [9.17, 15) is 9.81 Å². The SMILES string of the molecule is O=NCCCN(CCOCCOCCN=O)CCC1CCC1. The highest BCUT2D eigenvalue weighted by atomic mass is 16.5. The van der Waals surface area contributed by atoms with Crippen LogP contribution in [0.1, 0.15) is 32.1 Å². The molecule has 7 nitrogen and oxygen atoms in total. The molecule has 0 aromatic rings. The maximum atomic E-state index is 10.2. The van der Waals surface area contributed by atoms with Crippen molar-refractivity contribution >= 4 is 0 Å². The normalized spacial score (nSPS) is 15.0. The molecule has 1 saturated carbocycles. The van der Waals surface area contributed by atoms with Crippen molar-refractivity contribution in [3.05, 3.63) is 9.81 Å². The first kappa shape index (κ1) is 19.1. The van der Waals surface area contributed by atoms with Crippen molar-refractivity contribution in [2.24, 2.45) is 16.3 Å². The Morgan fingerprint density at radius 1 is 0.864 bits per heavy atom. The van der Waals surface area contributed by atoms with Crippen molar-refractivity contribution in [1.29, 1.82) is 0 Å². The molecular formula is C15H29N3O4. The molecule has 0 aromatic carbocycles. The highest BCUT2D eigenvalue weighted by Gasteiger charge is 2.18. The average Bonchev–Trinajstić information content (AvgIpc) is 2.48. The maximum Gasteiger partial charge on any atom is 0.104 e. The van der Waals surface area contributed by atoms with Crippen molar-refractivity contribution < 1.29 is 9.47 Å². The van der Waals surface area contributed by atoms with Crippen LogP contribution in [0.2, 0.25) is 0 Å². The van der Waals surface area contributed by atoms with Crippen LogP contribution in [0.4, 0.5) is 0 Å². The second-order valence-corrected chi connectivity index (χ2v) is 5.71. The van der Waals surface area contributed by atoms with E-state index < -0.39 is 0 Å². The van der Waals surface area contributed by atoms with Crippen LogP contribution < -0.4 is 0 Å². The minimum atomic E-state index is 0.194. The molecule has 0 unspecified atom stereocenters. The Hall–Kier alpha value is -0.920. The molecule has 1 aliphatic rings. The van der Waals surface area contributed by atoms with Crippen molar-refractivity contribution in [3.8, 4) is 0 Å². The predicted molar refractivity (Wildman–Crippen MR) is 86.0 cm³/mol. The highest BCUT2D eigenvalue weighted by Crippen LogP contribution is 2.29. The maximum absolute atomic E-state index is 10.2. The van der Waals surface area contributed by atoms with E-state index in [0.717, 1.165) is 32.0 Å². The number of hydrogen-bond acceptors (Lipinski definition) is 7. The molecule has 0 radical (unpaired) electrons. The van der Waals surface area contributed by atoms with Gasteiger partial charge in [0, 0.05) is 13.1 Å². The van der Waals surface area contributed by atoms with E-state index in [-0.39, 0.29) is 6.54 Å². The minimum Gasteiger partial charge on any atom is -0.378 e. The molecule has 0 bridgehead atoms. The van der Waals surface area contributed by atoms with Gasteiger partial charge in [0.15, 0.2) is 0 Å². The molecule has 7 heteroatoms. The second kappa shape index (κ2) is 13.7. The van der Waals surface area contributed by atoms with Gasteiger partial charge in [0.25, 0.3) is 0 Å². The zero-order valence-corrected chi connectivity index (χ0v) is 13.5. The number of rotatable bonds is 16. The lowest BCUT2D eigenvalue weighted by molar-refractivity contribution is 0.0399. The summed E-state index contributed by atoms with van der Waals surface area (Å²) in [6.45, 7) is 5.49. The lowest BCUT2D eigenvalue weighted by Crippen LogP contribution is -2.32. The monoisotopic (exact) mass is 315 g/mol. The van der Waals surface area contributed by atoms with Crippen LogP contribution in [0.25, 0.3) is 0 Å². The fourth-order valence-corrected chi connectivity index (χ4v) is 2.46. The Morgan fingerprint density at radius 3 is 2.23 bits per heavy atom. The third kappa shape index (κ3) is 9.92. The second-order valence-electron chi connectivity index (χ2n) is 5.71. The summed E-state index contributed by atoms with van der Waals surface area (Å²) in [4.78, 5) is 22.4. The van der Waals surface area contributed by atoms with Gasteiger partial charge in [-0.15, -0.1) is 0 Å². The number of ether oxygens (including phenoxy) is 2. The van der Waals surface area contributed by atoms with Gasteiger partial charge >= 0.3 is 0 Å². The summed E-state index contributed by atoms with van der Waals surface area (Å²) in [6, 6.07) is 0. The summed E-state index contributed by atoms with van der Waals surface area (Å²) in [7, 11) is 0. The van der Waals surface area contributed by atoms with Crippen molar-refractivity contribution in [2.45, 2.75) is 32.1 Å². The first-order valence-electron chi connectivity index (χ1n) is 8.33. The number of nitrogens with zero attached hydrogens (tertiary/aromatic N) is 3. The average molecular weight is 315 g/mol. The summed E-state index contributed by atoms with van der Waals surface area (Å²) >= 11 is 0. The molecule has 0 amide bonds. The smallest absolute Gasteiger partial charge is 0.104 e. The zero-order valence-electron chi connectivity index (χ0n) is 13.5. The lowest BCUT2D eigenvalue weighted by Gasteiger charge is -2.29. The van der Waals surface area contributed by atoms with E-state index >= 15 is 0 Å². The first-order valence-corrected chi connectivity index (χ1v) is 8.33. The molecular weight excluding hydrogens is 286 g/mol. The van der Waals surface area contributed by atoms with Gasteiger partial charge in [-0.05, 0) is 25.3 Å². The standard InChI is InChI=1S/C15H29N3O4/c19-16-6-2-8-18(9-5-15-3-1-4-15)10-12-22-14-13-21-11-7-17-20/h15H,1-14H2. The molecule has 1 rings (SSSR count). The van der Waals surface area contributed by atoms with Crippen molar-refractivity contribution in [2.75, 3.05) is 59.2 Å². The summed E-state index contributed by atoms with van der Waals surface area (Å²) in [5, 5.41) is 5.64. The third-order valence-corrected chi connectivity index (χ3v) is 4.05. The molecule has 22 heavy (non-hydrogen) atoms. The Bertz CT molecular complexity index is 288. The van der Waals surface area contributed by atoms with Gasteiger partial charge in [-0.2, -0.15) is 9.81 Å². The highest BCUT2D eigenvalue weighted by molar-refractivity contribution is 4.71. The molecule has 1 aliphatic carbocycles. The van der Waals surface area contributed by atoms with E-state index in [2.05, 4.69) is 15.3 Å². The molecule has 1 fully saturated rings. The fourth-order valence-electron chi connectivity index (χ4n) is 2.46. The summed E-state index contributed by atoms with van der Waals surface area (Å²) in [5.41, 5.74) is 0. The quantitative estimate of drug-likeness (QED) is 0.323. The largest absolute Gasteiger partial charge is 0.378 e. The zero-order chi connectivity index (χ0) is 15.9.